The van der Waals surface area contributed by atoms with Gasteiger partial charge in [-0.1, -0.05) is 30.2 Å². The second-order valence-corrected chi connectivity index (χ2v) is 8.00. The average Bonchev–Trinajstić information content (AvgIpc) is 3.26. The molecule has 1 saturated carbocycles. The molecule has 2 heterocycles. The number of hydrogen-bond donors (Lipinski definition) is 1. The van der Waals surface area contributed by atoms with Crippen molar-refractivity contribution in [3.63, 3.8) is 0 Å². The van der Waals surface area contributed by atoms with Crippen LogP contribution >= 0.6 is 12.2 Å². The fourth-order valence-electron chi connectivity index (χ4n) is 4.64. The summed E-state index contributed by atoms with van der Waals surface area (Å²) in [5, 5.41) is 7.28. The third-order valence-electron chi connectivity index (χ3n) is 5.90. The number of aromatic amines is 1. The van der Waals surface area contributed by atoms with E-state index >= 15 is 0 Å². The highest BCUT2D eigenvalue weighted by molar-refractivity contribution is 7.71. The molecule has 1 aliphatic carbocycles. The number of likely N-dealkylation sites (tertiary alicyclic amines) is 1. The number of aromatic nitrogens is 3. The fraction of sp³-hybridized carbons (Fsp3) is 0.550. The Balaban J connectivity index is 1.49. The van der Waals surface area contributed by atoms with Crippen LogP contribution in [0, 0.1) is 17.6 Å². The second kappa shape index (κ2) is 7.35. The Morgan fingerprint density at radius 1 is 1.31 bits per heavy atom. The Morgan fingerprint density at radius 3 is 3.00 bits per heavy atom. The van der Waals surface area contributed by atoms with E-state index in [1.807, 2.05) is 16.7 Å². The Bertz CT molecular complexity index is 855. The van der Waals surface area contributed by atoms with E-state index in [0.29, 0.717) is 23.8 Å². The van der Waals surface area contributed by atoms with Gasteiger partial charge in [-0.15, -0.1) is 0 Å². The molecule has 2 fully saturated rings. The number of carbonyl (C=O) groups is 1. The first-order chi connectivity index (χ1) is 12.6. The van der Waals surface area contributed by atoms with Crippen molar-refractivity contribution in [2.45, 2.75) is 58.0 Å². The average molecular weight is 371 g/mol. The van der Waals surface area contributed by atoms with Gasteiger partial charge in [0.05, 0.1) is 0 Å². The molecule has 1 saturated heterocycles. The van der Waals surface area contributed by atoms with Crippen LogP contribution in [0.15, 0.2) is 24.3 Å². The van der Waals surface area contributed by atoms with Crippen LogP contribution in [-0.2, 0) is 11.3 Å². The topological polar surface area (TPSA) is 53.9 Å². The summed E-state index contributed by atoms with van der Waals surface area (Å²) in [5.41, 5.74) is 2.21. The Morgan fingerprint density at radius 2 is 2.15 bits per heavy atom. The number of piperidine rings is 1. The predicted molar refractivity (Wildman–Crippen MR) is 104 cm³/mol. The third-order valence-corrected chi connectivity index (χ3v) is 6.21. The number of rotatable bonds is 4. The zero-order valence-electron chi connectivity index (χ0n) is 15.3. The number of fused-ring (bicyclic) bond motifs is 1. The summed E-state index contributed by atoms with van der Waals surface area (Å²) in [5.74, 6) is 1.80. The quantitative estimate of drug-likeness (QED) is 0.825. The van der Waals surface area contributed by atoms with Crippen molar-refractivity contribution in [2.24, 2.45) is 5.92 Å². The molecule has 0 unspecified atom stereocenters. The summed E-state index contributed by atoms with van der Waals surface area (Å²) >= 11 is 5.41. The number of carbonyl (C=O) groups excluding carboxylic acids is 1. The van der Waals surface area contributed by atoms with Gasteiger partial charge in [-0.2, -0.15) is 5.10 Å². The molecule has 1 N–H and O–H groups in total. The number of H-pyrrole nitrogens is 1. The summed E-state index contributed by atoms with van der Waals surface area (Å²) in [6.45, 7) is 3.56. The van der Waals surface area contributed by atoms with E-state index < -0.39 is 0 Å². The SMILES string of the molecule is Cc1cccc(-c2n[nH]c(=S)n2CCC(=O)N2CCC[C@@H]3CCC[C@@H]32)c1. The number of hydrogen-bond acceptors (Lipinski definition) is 3. The van der Waals surface area contributed by atoms with Gasteiger partial charge in [0.2, 0.25) is 5.91 Å². The molecule has 1 aliphatic heterocycles. The van der Waals surface area contributed by atoms with Gasteiger partial charge in [-0.3, -0.25) is 14.5 Å². The lowest BCUT2D eigenvalue weighted by atomic mass is 9.92. The van der Waals surface area contributed by atoms with Gasteiger partial charge < -0.3 is 4.90 Å². The molecule has 2 aliphatic rings. The highest BCUT2D eigenvalue weighted by Gasteiger charge is 2.36. The molecule has 26 heavy (non-hydrogen) atoms. The van der Waals surface area contributed by atoms with Crippen LogP contribution in [0.1, 0.15) is 44.1 Å². The molecule has 2 aromatic rings. The number of benzene rings is 1. The van der Waals surface area contributed by atoms with Crippen LogP contribution in [0.3, 0.4) is 0 Å². The molecule has 1 amide bonds. The molecule has 1 aromatic heterocycles. The van der Waals surface area contributed by atoms with Crippen molar-refractivity contribution >= 4 is 18.1 Å². The third kappa shape index (κ3) is 3.34. The van der Waals surface area contributed by atoms with Crippen LogP contribution in [0.2, 0.25) is 0 Å². The van der Waals surface area contributed by atoms with Crippen molar-refractivity contribution in [1.82, 2.24) is 19.7 Å². The maximum absolute atomic E-state index is 12.9. The Kier molecular flexibility index (Phi) is 4.94. The molecule has 1 aromatic carbocycles. The first-order valence-electron chi connectivity index (χ1n) is 9.65. The lowest BCUT2D eigenvalue weighted by molar-refractivity contribution is -0.136. The largest absolute Gasteiger partial charge is 0.339 e. The van der Waals surface area contributed by atoms with Gasteiger partial charge in [0.1, 0.15) is 0 Å². The second-order valence-electron chi connectivity index (χ2n) is 7.61. The molecular weight excluding hydrogens is 344 g/mol. The van der Waals surface area contributed by atoms with Gasteiger partial charge in [0.25, 0.3) is 0 Å². The summed E-state index contributed by atoms with van der Waals surface area (Å²) in [4.78, 5) is 15.0. The highest BCUT2D eigenvalue weighted by Crippen LogP contribution is 2.37. The lowest BCUT2D eigenvalue weighted by Gasteiger charge is -2.38. The molecule has 5 nitrogen and oxygen atoms in total. The first kappa shape index (κ1) is 17.5. The van der Waals surface area contributed by atoms with Gasteiger partial charge in [-0.05, 0) is 56.8 Å². The van der Waals surface area contributed by atoms with Gasteiger partial charge in [0, 0.05) is 31.1 Å². The van der Waals surface area contributed by atoms with E-state index in [0.717, 1.165) is 30.3 Å². The summed E-state index contributed by atoms with van der Waals surface area (Å²) in [6, 6.07) is 8.68. The standard InChI is InChI=1S/C20H26N4OS/c1-14-5-2-7-16(13-14)19-21-22-20(26)24(19)12-10-18(25)23-11-4-8-15-6-3-9-17(15)23/h2,5,7,13,15,17H,3-4,6,8-12H2,1H3,(H,22,26)/t15-,17-/m0/s1. The summed E-state index contributed by atoms with van der Waals surface area (Å²) in [7, 11) is 0. The van der Waals surface area contributed by atoms with E-state index in [2.05, 4.69) is 34.2 Å². The highest BCUT2D eigenvalue weighted by atomic mass is 32.1. The van der Waals surface area contributed by atoms with E-state index in [-0.39, 0.29) is 5.91 Å². The van der Waals surface area contributed by atoms with Crippen LogP contribution in [0.25, 0.3) is 11.4 Å². The van der Waals surface area contributed by atoms with Gasteiger partial charge in [0.15, 0.2) is 10.6 Å². The minimum Gasteiger partial charge on any atom is -0.339 e. The molecule has 0 radical (unpaired) electrons. The van der Waals surface area contributed by atoms with E-state index in [1.54, 1.807) is 0 Å². The van der Waals surface area contributed by atoms with Gasteiger partial charge >= 0.3 is 0 Å². The monoisotopic (exact) mass is 370 g/mol. The predicted octanol–water partition coefficient (Wildman–Crippen LogP) is 4.10. The normalized spacial score (nSPS) is 22.4. The minimum atomic E-state index is 0.264. The minimum absolute atomic E-state index is 0.264. The molecule has 4 rings (SSSR count). The van der Waals surface area contributed by atoms with Crippen LogP contribution in [0.5, 0.6) is 0 Å². The number of amides is 1. The lowest BCUT2D eigenvalue weighted by Crippen LogP contribution is -2.46. The Labute approximate surface area is 159 Å². The zero-order chi connectivity index (χ0) is 18.1. The van der Waals surface area contributed by atoms with Gasteiger partial charge in [-0.25, -0.2) is 0 Å². The molecule has 2 atom stereocenters. The summed E-state index contributed by atoms with van der Waals surface area (Å²) in [6.07, 6.45) is 6.65. The van der Waals surface area contributed by atoms with Crippen LogP contribution in [0.4, 0.5) is 0 Å². The van der Waals surface area contributed by atoms with E-state index in [1.165, 1.54) is 31.2 Å². The van der Waals surface area contributed by atoms with Crippen molar-refractivity contribution < 1.29 is 4.79 Å². The maximum Gasteiger partial charge on any atom is 0.224 e. The summed E-state index contributed by atoms with van der Waals surface area (Å²) < 4.78 is 2.53. The number of nitrogens with one attached hydrogen (secondary N) is 1. The van der Waals surface area contributed by atoms with Crippen molar-refractivity contribution in [3.05, 3.63) is 34.6 Å². The van der Waals surface area contributed by atoms with Crippen molar-refractivity contribution in [1.29, 1.82) is 0 Å². The molecule has 6 heteroatoms. The fourth-order valence-corrected chi connectivity index (χ4v) is 4.87. The smallest absolute Gasteiger partial charge is 0.224 e. The molecule has 0 bridgehead atoms. The Hall–Kier alpha value is -1.95. The zero-order valence-corrected chi connectivity index (χ0v) is 16.1. The van der Waals surface area contributed by atoms with Crippen molar-refractivity contribution in [3.8, 4) is 11.4 Å². The molecular formula is C20H26N4OS. The maximum atomic E-state index is 12.9. The number of aryl methyl sites for hydroxylation is 1. The van der Waals surface area contributed by atoms with Crippen LogP contribution in [-0.4, -0.2) is 38.2 Å². The molecule has 138 valence electrons. The van der Waals surface area contributed by atoms with Crippen LogP contribution < -0.4 is 0 Å². The molecule has 0 spiro atoms. The van der Waals surface area contributed by atoms with E-state index in [4.69, 9.17) is 12.2 Å². The van der Waals surface area contributed by atoms with Crippen molar-refractivity contribution in [2.75, 3.05) is 6.54 Å². The first-order valence-corrected chi connectivity index (χ1v) is 10.1. The number of nitrogens with zero attached hydrogens (tertiary/aromatic N) is 3. The van der Waals surface area contributed by atoms with E-state index in [9.17, 15) is 4.79 Å².